The van der Waals surface area contributed by atoms with E-state index in [0.29, 0.717) is 19.3 Å². The normalized spacial score (nSPS) is 12.8. The van der Waals surface area contributed by atoms with Crippen LogP contribution >= 0.6 is 0 Å². The van der Waals surface area contributed by atoms with Gasteiger partial charge in [-0.1, -0.05) is 0 Å². The Morgan fingerprint density at radius 2 is 0.641 bits per heavy atom. The first-order valence-corrected chi connectivity index (χ1v) is 21.2. The van der Waals surface area contributed by atoms with Crippen molar-refractivity contribution in [3.63, 3.8) is 0 Å². The molecule has 0 N–H and O–H groups in total. The monoisotopic (exact) mass is 609 g/mol. The van der Waals surface area contributed by atoms with Crippen molar-refractivity contribution in [2.75, 3.05) is 42.7 Å². The van der Waals surface area contributed by atoms with Gasteiger partial charge in [-0.25, -0.2) is 28.1 Å². The summed E-state index contributed by atoms with van der Waals surface area (Å²) in [6, 6.07) is 2.23. The van der Waals surface area contributed by atoms with Gasteiger partial charge in [-0.3, -0.25) is 0 Å². The van der Waals surface area contributed by atoms with E-state index in [0.717, 1.165) is 37.4 Å². The molecule has 0 radical (unpaired) electrons. The quantitative estimate of drug-likeness (QED) is 0.153. The molecular weight excluding hydrogens is 559 g/mol. The summed E-state index contributed by atoms with van der Waals surface area (Å²) in [5, 5.41) is 0. The zero-order chi connectivity index (χ0) is 29.7. The molecule has 1 aromatic rings. The number of nitrogens with zero attached hydrogens (tertiary/aromatic N) is 3. The van der Waals surface area contributed by atoms with Gasteiger partial charge in [0.2, 0.25) is 0 Å². The van der Waals surface area contributed by atoms with Gasteiger partial charge in [0.15, 0.2) is 0 Å². The molecule has 0 aliphatic heterocycles. The van der Waals surface area contributed by atoms with Crippen molar-refractivity contribution < 1.29 is 26.6 Å². The molecule has 0 aliphatic carbocycles. The maximum absolute atomic E-state index is 13.3. The van der Waals surface area contributed by atoms with Gasteiger partial charge in [0.25, 0.3) is 0 Å². The molecule has 0 fully saturated rings. The smallest absolute Gasteiger partial charge is 0.336 e. The Bertz CT molecular complexity index is 874. The van der Waals surface area contributed by atoms with Crippen LogP contribution in [0.4, 0.5) is 0 Å². The highest BCUT2D eigenvalue weighted by atomic mass is 28.4. The lowest BCUT2D eigenvalue weighted by Gasteiger charge is -2.23. The fourth-order valence-electron chi connectivity index (χ4n) is 4.27. The summed E-state index contributed by atoms with van der Waals surface area (Å²) in [5.41, 5.74) is -1.68. The fourth-order valence-corrected chi connectivity index (χ4v) is 8.67. The highest BCUT2D eigenvalue weighted by molar-refractivity contribution is 6.66. The second-order valence-electron chi connectivity index (χ2n) is 10.3. The van der Waals surface area contributed by atoms with Crippen LogP contribution in [-0.2, 0) is 46.2 Å². The van der Waals surface area contributed by atoms with Gasteiger partial charge in [-0.15, -0.1) is 0 Å². The number of hydrogen-bond acceptors (Lipinski definition) is 9. The Labute approximate surface area is 235 Å². The third-order valence-electron chi connectivity index (χ3n) is 7.76. The molecule has 1 aromatic heterocycles. The molecule has 1 rings (SSSR count). The Hall–Kier alpha value is -1.18. The van der Waals surface area contributed by atoms with Gasteiger partial charge in [0.05, 0.1) is 0 Å². The van der Waals surface area contributed by atoms with E-state index in [1.807, 2.05) is 19.6 Å². The summed E-state index contributed by atoms with van der Waals surface area (Å²) in [6.07, 6.45) is 4.01. The third kappa shape index (κ3) is 10.6. The van der Waals surface area contributed by atoms with E-state index in [1.165, 1.54) is 13.7 Å². The molecule has 39 heavy (non-hydrogen) atoms. The highest BCUT2D eigenvalue weighted by Gasteiger charge is 2.29. The Morgan fingerprint density at radius 3 is 0.821 bits per heavy atom. The summed E-state index contributed by atoms with van der Waals surface area (Å²) >= 11 is 0. The van der Waals surface area contributed by atoms with Crippen LogP contribution in [0.2, 0.25) is 37.8 Å². The average molecular weight is 610 g/mol. The van der Waals surface area contributed by atoms with Crippen LogP contribution in [0.1, 0.15) is 38.5 Å². The van der Waals surface area contributed by atoms with Crippen LogP contribution in [-0.4, -0.2) is 82.0 Å². The molecule has 0 atom stereocenters. The summed E-state index contributed by atoms with van der Waals surface area (Å²) in [6.45, 7) is 6.63. The number of rotatable bonds is 21. The first-order chi connectivity index (χ1) is 18.4. The molecule has 0 unspecified atom stereocenters. The summed E-state index contributed by atoms with van der Waals surface area (Å²) in [4.78, 5) is 39.9. The zero-order valence-corrected chi connectivity index (χ0v) is 28.5. The van der Waals surface area contributed by atoms with Crippen molar-refractivity contribution in [2.24, 2.45) is 0 Å². The number of hydrogen-bond donors (Lipinski definition) is 0. The minimum absolute atomic E-state index is 0.229. The summed E-state index contributed by atoms with van der Waals surface area (Å²) < 4.78 is 36.8. The second-order valence-corrected chi connectivity index (χ2v) is 21.1. The largest absolute Gasteiger partial charge is 0.398 e. The fraction of sp³-hybridized carbons (Fsp3) is 0.875. The van der Waals surface area contributed by atoms with Crippen LogP contribution in [0.5, 0.6) is 0 Å². The van der Waals surface area contributed by atoms with Gasteiger partial charge in [-0.05, 0) is 76.3 Å². The van der Waals surface area contributed by atoms with Crippen molar-refractivity contribution in [3.05, 3.63) is 31.5 Å². The minimum Gasteiger partial charge on any atom is -0.398 e. The lowest BCUT2D eigenvalue weighted by Crippen LogP contribution is -2.54. The molecule has 1 heterocycles. The standard InChI is InChI=1S/C24H51N3O9Si3/c1-31-37(7,32-2)19-13-10-16-25-22(28)26(17-11-14-20-38(8,33-3)34-4)24(30)27(23(25)29)18-12-15-21-39(9,35-5)36-6/h10-21H2,1-9H3. The van der Waals surface area contributed by atoms with E-state index in [-0.39, 0.29) is 19.6 Å². The molecule has 15 heteroatoms. The average Bonchev–Trinajstić information content (AvgIpc) is 2.95. The number of aromatic nitrogens is 3. The van der Waals surface area contributed by atoms with Crippen LogP contribution < -0.4 is 17.1 Å². The minimum atomic E-state index is -2.24. The predicted molar refractivity (Wildman–Crippen MR) is 158 cm³/mol. The lowest BCUT2D eigenvalue weighted by molar-refractivity contribution is 0.247. The van der Waals surface area contributed by atoms with E-state index < -0.39 is 42.8 Å². The van der Waals surface area contributed by atoms with E-state index >= 15 is 0 Å². The molecule has 0 aromatic carbocycles. The molecule has 0 saturated carbocycles. The van der Waals surface area contributed by atoms with Crippen LogP contribution in [0.3, 0.4) is 0 Å². The summed E-state index contributed by atoms with van der Waals surface area (Å²) in [7, 11) is 3.13. The van der Waals surface area contributed by atoms with E-state index in [9.17, 15) is 14.4 Å². The van der Waals surface area contributed by atoms with Crippen molar-refractivity contribution in [2.45, 2.75) is 95.9 Å². The third-order valence-corrected chi connectivity index (χ3v) is 16.7. The van der Waals surface area contributed by atoms with Crippen LogP contribution in [0, 0.1) is 0 Å². The molecule has 0 aliphatic rings. The van der Waals surface area contributed by atoms with Gasteiger partial charge in [-0.2, -0.15) is 0 Å². The predicted octanol–water partition coefficient (Wildman–Crippen LogP) is 2.61. The van der Waals surface area contributed by atoms with Gasteiger partial charge in [0, 0.05) is 62.3 Å². The molecule has 0 bridgehead atoms. The van der Waals surface area contributed by atoms with E-state index in [4.69, 9.17) is 26.6 Å². The van der Waals surface area contributed by atoms with Crippen LogP contribution in [0.25, 0.3) is 0 Å². The highest BCUT2D eigenvalue weighted by Crippen LogP contribution is 2.17. The topological polar surface area (TPSA) is 121 Å². The SMILES string of the molecule is CO[Si](C)(CCCCn1c(=O)n(CCCC[Si](C)(OC)OC)c(=O)n(CCCC[Si](C)(OC)OC)c1=O)OC. The molecular formula is C24H51N3O9Si3. The lowest BCUT2D eigenvalue weighted by atomic mass is 10.3. The zero-order valence-electron chi connectivity index (χ0n) is 25.5. The molecule has 0 spiro atoms. The molecule has 228 valence electrons. The van der Waals surface area contributed by atoms with Crippen molar-refractivity contribution in [1.29, 1.82) is 0 Å². The first kappa shape index (κ1) is 35.8. The summed E-state index contributed by atoms with van der Waals surface area (Å²) in [5.74, 6) is 0. The molecule has 0 saturated heterocycles. The maximum Gasteiger partial charge on any atom is 0.336 e. The van der Waals surface area contributed by atoms with Gasteiger partial charge < -0.3 is 26.6 Å². The first-order valence-electron chi connectivity index (χ1n) is 13.6. The Balaban J connectivity index is 3.14. The van der Waals surface area contributed by atoms with Gasteiger partial charge >= 0.3 is 42.8 Å². The van der Waals surface area contributed by atoms with Crippen molar-refractivity contribution in [3.8, 4) is 0 Å². The number of unbranched alkanes of at least 4 members (excludes halogenated alkanes) is 3. The van der Waals surface area contributed by atoms with Crippen molar-refractivity contribution >= 4 is 25.7 Å². The second kappa shape index (κ2) is 16.9. The molecule has 0 amide bonds. The van der Waals surface area contributed by atoms with Crippen LogP contribution in [0.15, 0.2) is 14.4 Å². The Morgan fingerprint density at radius 1 is 0.436 bits per heavy atom. The Kier molecular flexibility index (Phi) is 15.6. The van der Waals surface area contributed by atoms with Crippen molar-refractivity contribution in [1.82, 2.24) is 13.7 Å². The van der Waals surface area contributed by atoms with E-state index in [1.54, 1.807) is 42.7 Å². The molecule has 12 nitrogen and oxygen atoms in total. The van der Waals surface area contributed by atoms with Gasteiger partial charge in [0.1, 0.15) is 0 Å². The van der Waals surface area contributed by atoms with E-state index in [2.05, 4.69) is 0 Å². The maximum atomic E-state index is 13.3.